The fourth-order valence-corrected chi connectivity index (χ4v) is 3.57. The average molecular weight is 314 g/mol. The zero-order valence-corrected chi connectivity index (χ0v) is 13.1. The molecule has 0 aliphatic carbocycles. The third-order valence-electron chi connectivity index (χ3n) is 2.81. The number of rotatable bonds is 8. The lowest BCUT2D eigenvalue weighted by Crippen LogP contribution is -2.36. The van der Waals surface area contributed by atoms with Crippen LogP contribution in [0.4, 0.5) is 4.79 Å². The molecule has 2 N–H and O–H groups in total. The number of amides is 1. The van der Waals surface area contributed by atoms with Crippen LogP contribution in [0.25, 0.3) is 0 Å². The van der Waals surface area contributed by atoms with Gasteiger partial charge in [-0.15, -0.1) is 0 Å². The Morgan fingerprint density at radius 2 is 1.90 bits per heavy atom. The lowest BCUT2D eigenvalue weighted by Gasteiger charge is -2.24. The number of carbonyl (C=O) groups is 1. The Hall–Kier alpha value is -1.60. The molecule has 0 unspecified atom stereocenters. The quantitative estimate of drug-likeness (QED) is 0.718. The van der Waals surface area contributed by atoms with Crippen molar-refractivity contribution in [3.05, 3.63) is 30.3 Å². The molecular formula is C14H22N2O4S. The summed E-state index contributed by atoms with van der Waals surface area (Å²) in [5, 5.41) is 10.8. The third-order valence-corrected chi connectivity index (χ3v) is 4.69. The molecule has 0 bridgehead atoms. The highest BCUT2D eigenvalue weighted by Crippen LogP contribution is 2.17. The first-order chi connectivity index (χ1) is 9.84. The normalized spacial score (nSPS) is 11.8. The summed E-state index contributed by atoms with van der Waals surface area (Å²) in [4.78, 5) is 10.7. The highest BCUT2D eigenvalue weighted by molar-refractivity contribution is 7.89. The number of sulfonamides is 1. The molecule has 1 amide bonds. The van der Waals surface area contributed by atoms with Gasteiger partial charge in [0.25, 0.3) is 0 Å². The van der Waals surface area contributed by atoms with Crippen molar-refractivity contribution in [3.8, 4) is 0 Å². The van der Waals surface area contributed by atoms with E-state index in [1.165, 1.54) is 4.31 Å². The van der Waals surface area contributed by atoms with E-state index in [0.29, 0.717) is 13.0 Å². The first-order valence-electron chi connectivity index (χ1n) is 6.86. The number of nitrogens with zero attached hydrogens (tertiary/aromatic N) is 1. The zero-order chi connectivity index (χ0) is 15.9. The van der Waals surface area contributed by atoms with Crippen LogP contribution in [0.3, 0.4) is 0 Å². The van der Waals surface area contributed by atoms with Crippen LogP contribution in [-0.4, -0.2) is 43.6 Å². The molecule has 0 aliphatic heterocycles. The highest BCUT2D eigenvalue weighted by atomic mass is 32.2. The molecule has 1 rings (SSSR count). The van der Waals surface area contributed by atoms with Crippen molar-refractivity contribution >= 4 is 16.1 Å². The van der Waals surface area contributed by atoms with Gasteiger partial charge in [-0.3, -0.25) is 0 Å². The lowest BCUT2D eigenvalue weighted by atomic mass is 10.2. The summed E-state index contributed by atoms with van der Waals surface area (Å²) >= 11 is 0. The topological polar surface area (TPSA) is 86.7 Å². The van der Waals surface area contributed by atoms with Crippen LogP contribution in [0.15, 0.2) is 35.2 Å². The molecule has 0 radical (unpaired) electrons. The van der Waals surface area contributed by atoms with E-state index in [9.17, 15) is 13.2 Å². The first-order valence-corrected chi connectivity index (χ1v) is 8.30. The van der Waals surface area contributed by atoms with E-state index >= 15 is 0 Å². The molecule has 1 aromatic rings. The van der Waals surface area contributed by atoms with Crippen molar-refractivity contribution in [2.45, 2.75) is 25.2 Å². The third kappa shape index (κ3) is 5.73. The number of hydrogen-bond donors (Lipinski definition) is 2. The Morgan fingerprint density at radius 3 is 2.43 bits per heavy atom. The van der Waals surface area contributed by atoms with E-state index < -0.39 is 16.1 Å². The predicted molar refractivity (Wildman–Crippen MR) is 80.7 cm³/mol. The summed E-state index contributed by atoms with van der Waals surface area (Å²) in [5.41, 5.74) is 0. The van der Waals surface area contributed by atoms with Gasteiger partial charge in [0.15, 0.2) is 0 Å². The minimum atomic E-state index is -3.54. The van der Waals surface area contributed by atoms with E-state index in [0.717, 1.165) is 0 Å². The summed E-state index contributed by atoms with van der Waals surface area (Å²) in [6.45, 7) is 4.82. The van der Waals surface area contributed by atoms with Gasteiger partial charge < -0.3 is 10.4 Å². The Kier molecular flexibility index (Phi) is 6.64. The van der Waals surface area contributed by atoms with Gasteiger partial charge in [-0.2, -0.15) is 4.31 Å². The van der Waals surface area contributed by atoms with Crippen LogP contribution in [0.5, 0.6) is 0 Å². The highest BCUT2D eigenvalue weighted by Gasteiger charge is 2.24. The van der Waals surface area contributed by atoms with Gasteiger partial charge in [0, 0.05) is 19.6 Å². The summed E-state index contributed by atoms with van der Waals surface area (Å²) in [6.07, 6.45) is -0.665. The monoisotopic (exact) mass is 314 g/mol. The van der Waals surface area contributed by atoms with Crippen LogP contribution in [0, 0.1) is 5.92 Å². The number of carboxylic acid groups (broad SMARTS) is 1. The molecule has 0 atom stereocenters. The fourth-order valence-electron chi connectivity index (χ4n) is 1.91. The minimum Gasteiger partial charge on any atom is -0.465 e. The molecule has 118 valence electrons. The summed E-state index contributed by atoms with van der Waals surface area (Å²) in [5.74, 6) is 0.191. The molecule has 6 nitrogen and oxygen atoms in total. The standard InChI is InChI=1S/C14H22N2O4S/c1-12(2)11-16(10-6-9-15-14(17)18)21(19,20)13-7-4-3-5-8-13/h3-5,7-8,12,15H,6,9-11H2,1-2H3,(H,17,18). The van der Waals surface area contributed by atoms with Gasteiger partial charge in [0.2, 0.25) is 10.0 Å². The minimum absolute atomic E-state index is 0.191. The van der Waals surface area contributed by atoms with Crippen molar-refractivity contribution < 1.29 is 18.3 Å². The van der Waals surface area contributed by atoms with Crippen LogP contribution >= 0.6 is 0 Å². The maximum absolute atomic E-state index is 12.6. The van der Waals surface area contributed by atoms with Gasteiger partial charge >= 0.3 is 6.09 Å². The summed E-state index contributed by atoms with van der Waals surface area (Å²) < 4.78 is 26.6. The molecule has 0 saturated carbocycles. The van der Waals surface area contributed by atoms with Crippen LogP contribution in [0.1, 0.15) is 20.3 Å². The van der Waals surface area contributed by atoms with E-state index in [-0.39, 0.29) is 23.9 Å². The predicted octanol–water partition coefficient (Wildman–Crippen LogP) is 1.99. The smallest absolute Gasteiger partial charge is 0.404 e. The van der Waals surface area contributed by atoms with Crippen LogP contribution in [-0.2, 0) is 10.0 Å². The molecule has 0 heterocycles. The average Bonchev–Trinajstić information content (AvgIpc) is 2.42. The molecule has 0 aromatic heterocycles. The molecular weight excluding hydrogens is 292 g/mol. The van der Waals surface area contributed by atoms with Gasteiger partial charge in [0.05, 0.1) is 4.90 Å². The second-order valence-electron chi connectivity index (χ2n) is 5.16. The molecule has 1 aromatic carbocycles. The van der Waals surface area contributed by atoms with Crippen molar-refractivity contribution in [1.82, 2.24) is 9.62 Å². The first kappa shape index (κ1) is 17.5. The number of benzene rings is 1. The number of nitrogens with one attached hydrogen (secondary N) is 1. The molecule has 0 spiro atoms. The summed E-state index contributed by atoms with van der Waals surface area (Å²) in [6, 6.07) is 8.28. The number of hydrogen-bond acceptors (Lipinski definition) is 3. The molecule has 0 saturated heterocycles. The van der Waals surface area contributed by atoms with Crippen molar-refractivity contribution in [2.75, 3.05) is 19.6 Å². The lowest BCUT2D eigenvalue weighted by molar-refractivity contribution is 0.194. The zero-order valence-electron chi connectivity index (χ0n) is 12.3. The Labute approximate surface area is 125 Å². The van der Waals surface area contributed by atoms with Gasteiger partial charge in [-0.05, 0) is 24.5 Å². The van der Waals surface area contributed by atoms with Crippen LogP contribution in [0.2, 0.25) is 0 Å². The van der Waals surface area contributed by atoms with Crippen molar-refractivity contribution in [1.29, 1.82) is 0 Å². The molecule has 7 heteroatoms. The van der Waals surface area contributed by atoms with E-state index in [1.807, 2.05) is 13.8 Å². The molecule has 0 fully saturated rings. The largest absolute Gasteiger partial charge is 0.465 e. The summed E-state index contributed by atoms with van der Waals surface area (Å²) in [7, 11) is -3.54. The Bertz CT molecular complexity index is 543. The Morgan fingerprint density at radius 1 is 1.29 bits per heavy atom. The SMILES string of the molecule is CC(C)CN(CCCNC(=O)O)S(=O)(=O)c1ccccc1. The van der Waals surface area contributed by atoms with Gasteiger partial charge in [-0.25, -0.2) is 13.2 Å². The maximum Gasteiger partial charge on any atom is 0.404 e. The van der Waals surface area contributed by atoms with Crippen LogP contribution < -0.4 is 5.32 Å². The van der Waals surface area contributed by atoms with Gasteiger partial charge in [-0.1, -0.05) is 32.0 Å². The Balaban J connectivity index is 2.79. The van der Waals surface area contributed by atoms with E-state index in [2.05, 4.69) is 5.32 Å². The van der Waals surface area contributed by atoms with Crippen molar-refractivity contribution in [3.63, 3.8) is 0 Å². The van der Waals surface area contributed by atoms with E-state index in [4.69, 9.17) is 5.11 Å². The molecule has 21 heavy (non-hydrogen) atoms. The van der Waals surface area contributed by atoms with E-state index in [1.54, 1.807) is 30.3 Å². The maximum atomic E-state index is 12.6. The van der Waals surface area contributed by atoms with Gasteiger partial charge in [0.1, 0.15) is 0 Å². The molecule has 0 aliphatic rings. The fraction of sp³-hybridized carbons (Fsp3) is 0.500. The second-order valence-corrected chi connectivity index (χ2v) is 7.09. The second kappa shape index (κ2) is 7.99. The van der Waals surface area contributed by atoms with Crippen molar-refractivity contribution in [2.24, 2.45) is 5.92 Å².